The number of aryl methyl sites for hydroxylation is 1. The smallest absolute Gasteiger partial charge is 0.263 e. The summed E-state index contributed by atoms with van der Waals surface area (Å²) in [6.45, 7) is 3.37. The molecule has 0 N–H and O–H groups in total. The molecule has 5 nitrogen and oxygen atoms in total. The minimum atomic E-state index is 0.0195. The van der Waals surface area contributed by atoms with Gasteiger partial charge in [-0.05, 0) is 37.0 Å². The van der Waals surface area contributed by atoms with E-state index in [0.717, 1.165) is 46.1 Å². The van der Waals surface area contributed by atoms with Crippen LogP contribution in [0.4, 0.5) is 0 Å². The van der Waals surface area contributed by atoms with E-state index >= 15 is 0 Å². The zero-order valence-corrected chi connectivity index (χ0v) is 18.9. The molecule has 4 aromatic rings. The molecule has 1 fully saturated rings. The quantitative estimate of drug-likeness (QED) is 0.295. The lowest BCUT2D eigenvalue weighted by molar-refractivity contribution is 0.0937. The average molecular weight is 450 g/mol. The van der Waals surface area contributed by atoms with Crippen molar-refractivity contribution in [3.05, 3.63) is 75.7 Å². The van der Waals surface area contributed by atoms with E-state index in [1.165, 1.54) is 16.9 Å². The number of thiophene rings is 1. The van der Waals surface area contributed by atoms with Crippen LogP contribution >= 0.6 is 23.1 Å². The molecule has 0 radical (unpaired) electrons. The Hall–Kier alpha value is -2.48. The SMILES string of the molecule is Cc1ccc(-c2csc3nc(SCc4cccnc4)n(CC4CCCO4)c(=O)c23)cc1. The van der Waals surface area contributed by atoms with Gasteiger partial charge in [-0.25, -0.2) is 4.98 Å². The summed E-state index contributed by atoms with van der Waals surface area (Å²) in [5.74, 6) is 0.716. The summed E-state index contributed by atoms with van der Waals surface area (Å²) in [4.78, 5) is 23.6. The number of nitrogens with zero attached hydrogens (tertiary/aromatic N) is 3. The largest absolute Gasteiger partial charge is 0.376 e. The number of hydrogen-bond acceptors (Lipinski definition) is 6. The fourth-order valence-corrected chi connectivity index (χ4v) is 5.78. The van der Waals surface area contributed by atoms with Gasteiger partial charge in [0.1, 0.15) is 4.83 Å². The van der Waals surface area contributed by atoms with Crippen molar-refractivity contribution in [2.24, 2.45) is 0 Å². The maximum atomic E-state index is 13.7. The Labute approximate surface area is 189 Å². The zero-order valence-electron chi connectivity index (χ0n) is 17.3. The molecule has 7 heteroatoms. The van der Waals surface area contributed by atoms with Gasteiger partial charge in [-0.3, -0.25) is 14.3 Å². The summed E-state index contributed by atoms with van der Waals surface area (Å²) in [7, 11) is 0. The summed E-state index contributed by atoms with van der Waals surface area (Å²) < 4.78 is 7.67. The van der Waals surface area contributed by atoms with Crippen molar-refractivity contribution >= 4 is 33.3 Å². The minimum absolute atomic E-state index is 0.0195. The lowest BCUT2D eigenvalue weighted by Gasteiger charge is -2.16. The van der Waals surface area contributed by atoms with Crippen molar-refractivity contribution in [3.63, 3.8) is 0 Å². The van der Waals surface area contributed by atoms with E-state index in [2.05, 4.69) is 41.6 Å². The van der Waals surface area contributed by atoms with Crippen LogP contribution < -0.4 is 5.56 Å². The second kappa shape index (κ2) is 8.94. The van der Waals surface area contributed by atoms with Crippen molar-refractivity contribution in [1.82, 2.24) is 14.5 Å². The van der Waals surface area contributed by atoms with E-state index in [9.17, 15) is 4.79 Å². The van der Waals surface area contributed by atoms with Crippen molar-refractivity contribution < 1.29 is 4.74 Å². The Bertz CT molecular complexity index is 1240. The number of ether oxygens (including phenoxy) is 1. The number of thioether (sulfide) groups is 1. The summed E-state index contributed by atoms with van der Waals surface area (Å²) in [6.07, 6.45) is 5.71. The van der Waals surface area contributed by atoms with Gasteiger partial charge < -0.3 is 4.74 Å². The van der Waals surface area contributed by atoms with Crippen LogP contribution in [0, 0.1) is 6.92 Å². The van der Waals surface area contributed by atoms with Crippen LogP contribution in [0.15, 0.2) is 64.1 Å². The van der Waals surface area contributed by atoms with Gasteiger partial charge in [0.05, 0.1) is 18.0 Å². The van der Waals surface area contributed by atoms with Crippen LogP contribution in [0.3, 0.4) is 0 Å². The first kappa shape index (κ1) is 20.4. The van der Waals surface area contributed by atoms with Crippen LogP contribution in [-0.4, -0.2) is 27.2 Å². The van der Waals surface area contributed by atoms with E-state index in [0.29, 0.717) is 17.7 Å². The molecule has 0 spiro atoms. The second-order valence-electron chi connectivity index (χ2n) is 7.79. The Balaban J connectivity index is 1.58. The van der Waals surface area contributed by atoms with Gasteiger partial charge >= 0.3 is 0 Å². The molecule has 1 atom stereocenters. The average Bonchev–Trinajstić information content (AvgIpc) is 3.46. The molecule has 1 unspecified atom stereocenters. The first-order valence-corrected chi connectivity index (χ1v) is 12.3. The maximum Gasteiger partial charge on any atom is 0.263 e. The molecule has 1 aliphatic rings. The topological polar surface area (TPSA) is 57.0 Å². The Morgan fingerprint density at radius 2 is 2.13 bits per heavy atom. The predicted molar refractivity (Wildman–Crippen MR) is 127 cm³/mol. The molecule has 31 heavy (non-hydrogen) atoms. The molecule has 0 amide bonds. The van der Waals surface area contributed by atoms with E-state index in [4.69, 9.17) is 9.72 Å². The van der Waals surface area contributed by atoms with Crippen molar-refractivity contribution in [2.75, 3.05) is 6.61 Å². The molecule has 1 aliphatic heterocycles. The molecule has 0 aliphatic carbocycles. The molecule has 4 heterocycles. The lowest BCUT2D eigenvalue weighted by atomic mass is 10.1. The minimum Gasteiger partial charge on any atom is -0.376 e. The molecule has 3 aromatic heterocycles. The third-order valence-corrected chi connectivity index (χ3v) is 7.44. The van der Waals surface area contributed by atoms with E-state index in [1.807, 2.05) is 22.9 Å². The first-order chi connectivity index (χ1) is 15.2. The standard InChI is InChI=1S/C24H23N3O2S2/c1-16-6-8-18(9-7-16)20-15-30-22-21(20)23(28)27(13-19-5-3-11-29-19)24(26-22)31-14-17-4-2-10-25-12-17/h2,4,6-10,12,15,19H,3,5,11,13-14H2,1H3. The number of benzene rings is 1. The highest BCUT2D eigenvalue weighted by molar-refractivity contribution is 7.98. The maximum absolute atomic E-state index is 13.7. The number of fused-ring (bicyclic) bond motifs is 1. The highest BCUT2D eigenvalue weighted by Crippen LogP contribution is 2.33. The molecule has 0 bridgehead atoms. The second-order valence-corrected chi connectivity index (χ2v) is 9.59. The van der Waals surface area contributed by atoms with Crippen LogP contribution in [0.1, 0.15) is 24.0 Å². The van der Waals surface area contributed by atoms with Gasteiger partial charge in [0.2, 0.25) is 0 Å². The first-order valence-electron chi connectivity index (χ1n) is 10.4. The van der Waals surface area contributed by atoms with Crippen molar-refractivity contribution in [1.29, 1.82) is 0 Å². The highest BCUT2D eigenvalue weighted by Gasteiger charge is 2.22. The van der Waals surface area contributed by atoms with Crippen LogP contribution in [-0.2, 0) is 17.0 Å². The van der Waals surface area contributed by atoms with Crippen LogP contribution in [0.2, 0.25) is 0 Å². The molecular weight excluding hydrogens is 426 g/mol. The normalized spacial score (nSPS) is 16.2. The summed E-state index contributed by atoms with van der Waals surface area (Å²) >= 11 is 3.12. The van der Waals surface area contributed by atoms with Gasteiger partial charge in [-0.15, -0.1) is 11.3 Å². The van der Waals surface area contributed by atoms with Gasteiger partial charge in [0.25, 0.3) is 5.56 Å². The fraction of sp³-hybridized carbons (Fsp3) is 0.292. The molecule has 158 valence electrons. The predicted octanol–water partition coefficient (Wildman–Crippen LogP) is 5.30. The number of pyridine rings is 1. The molecular formula is C24H23N3O2S2. The third-order valence-electron chi connectivity index (χ3n) is 5.52. The Morgan fingerprint density at radius 1 is 1.26 bits per heavy atom. The van der Waals surface area contributed by atoms with E-state index in [-0.39, 0.29) is 11.7 Å². The fourth-order valence-electron chi connectivity index (χ4n) is 3.85. The number of rotatable bonds is 6. The molecule has 0 saturated carbocycles. The summed E-state index contributed by atoms with van der Waals surface area (Å²) in [5.41, 5.74) is 4.34. The number of hydrogen-bond donors (Lipinski definition) is 0. The van der Waals surface area contributed by atoms with Gasteiger partial charge in [-0.2, -0.15) is 0 Å². The lowest BCUT2D eigenvalue weighted by Crippen LogP contribution is -2.28. The number of aromatic nitrogens is 3. The Kier molecular flexibility index (Phi) is 5.89. The van der Waals surface area contributed by atoms with E-state index in [1.54, 1.807) is 18.0 Å². The third kappa shape index (κ3) is 4.31. The summed E-state index contributed by atoms with van der Waals surface area (Å²) in [5, 5.41) is 3.50. The molecule has 1 aromatic carbocycles. The van der Waals surface area contributed by atoms with Crippen LogP contribution in [0.25, 0.3) is 21.3 Å². The summed E-state index contributed by atoms with van der Waals surface area (Å²) in [6, 6.07) is 12.3. The molecule has 1 saturated heterocycles. The Morgan fingerprint density at radius 3 is 2.87 bits per heavy atom. The van der Waals surface area contributed by atoms with Gasteiger partial charge in [0, 0.05) is 35.7 Å². The van der Waals surface area contributed by atoms with E-state index < -0.39 is 0 Å². The van der Waals surface area contributed by atoms with Gasteiger partial charge in [0.15, 0.2) is 5.16 Å². The van der Waals surface area contributed by atoms with Gasteiger partial charge in [-0.1, -0.05) is 47.7 Å². The van der Waals surface area contributed by atoms with Crippen LogP contribution in [0.5, 0.6) is 0 Å². The van der Waals surface area contributed by atoms with Crippen molar-refractivity contribution in [2.45, 2.75) is 43.3 Å². The van der Waals surface area contributed by atoms with Crippen molar-refractivity contribution in [3.8, 4) is 11.1 Å². The monoisotopic (exact) mass is 449 g/mol. The molecule has 5 rings (SSSR count). The highest BCUT2D eigenvalue weighted by atomic mass is 32.2. The zero-order chi connectivity index (χ0) is 21.2.